The Morgan fingerprint density at radius 3 is 1.71 bits per heavy atom. The van der Waals surface area contributed by atoms with Crippen molar-refractivity contribution in [3.8, 4) is 0 Å². The average Bonchev–Trinajstić information content (AvgIpc) is 2.70. The molecule has 0 atom stereocenters. The third kappa shape index (κ3) is 8.13. The number of benzene rings is 3. The fourth-order valence-electron chi connectivity index (χ4n) is 2.85. The Balaban J connectivity index is 0.000000300. The maximum Gasteiger partial charge on any atom is 0.178 e. The molecule has 0 heterocycles. The van der Waals surface area contributed by atoms with E-state index < -0.39 is 31.9 Å². The summed E-state index contributed by atoms with van der Waals surface area (Å²) in [6.07, 6.45) is 0.880. The van der Waals surface area contributed by atoms with Crippen LogP contribution in [0.15, 0.2) is 77.7 Å². The average molecular weight is 465 g/mol. The maximum absolute atomic E-state index is 13.3. The minimum atomic E-state index is -3.72. The van der Waals surface area contributed by atoms with Gasteiger partial charge in [-0.1, -0.05) is 60.7 Å². The van der Waals surface area contributed by atoms with Gasteiger partial charge in [0, 0.05) is 19.3 Å². The summed E-state index contributed by atoms with van der Waals surface area (Å²) in [4.78, 5) is 10.7. The molecular weight excluding hydrogens is 439 g/mol. The van der Waals surface area contributed by atoms with E-state index >= 15 is 0 Å². The Kier molecular flexibility index (Phi) is 10.3. The minimum Gasteiger partial charge on any atom is -0.398 e. The van der Waals surface area contributed by atoms with Crippen LogP contribution < -0.4 is 11.1 Å². The van der Waals surface area contributed by atoms with E-state index in [1.54, 1.807) is 0 Å². The van der Waals surface area contributed by atoms with Gasteiger partial charge in [-0.2, -0.15) is 0 Å². The molecule has 3 N–H and O–H groups in total. The van der Waals surface area contributed by atoms with Gasteiger partial charge in [0.25, 0.3) is 0 Å². The van der Waals surface area contributed by atoms with E-state index in [9.17, 15) is 17.6 Å². The largest absolute Gasteiger partial charge is 0.398 e. The first kappa shape index (κ1) is 26.3. The topological polar surface area (TPSA) is 89.3 Å². The van der Waals surface area contributed by atoms with E-state index in [2.05, 4.69) is 53.8 Å². The minimum absolute atomic E-state index is 0. The zero-order valence-electron chi connectivity index (χ0n) is 17.3. The summed E-state index contributed by atoms with van der Waals surface area (Å²) in [6.45, 7) is 2.94. The quantitative estimate of drug-likeness (QED) is 0.416. The second-order valence-corrected chi connectivity index (χ2v) is 8.70. The van der Waals surface area contributed by atoms with Gasteiger partial charge in [-0.15, -0.1) is 12.4 Å². The highest BCUT2D eigenvalue weighted by Gasteiger charge is 2.23. The number of nitrogens with one attached hydrogen (secondary N) is 1. The van der Waals surface area contributed by atoms with Gasteiger partial charge >= 0.3 is 0 Å². The van der Waals surface area contributed by atoms with Crippen molar-refractivity contribution in [2.75, 3.05) is 12.0 Å². The Morgan fingerprint density at radius 1 is 0.903 bits per heavy atom. The summed E-state index contributed by atoms with van der Waals surface area (Å²) in [5.41, 5.74) is 7.47. The fraction of sp³-hybridized carbons (Fsp3) is 0.174. The highest BCUT2D eigenvalue weighted by molar-refractivity contribution is 7.91. The number of rotatable bonds is 6. The van der Waals surface area contributed by atoms with E-state index in [1.807, 2.05) is 12.1 Å². The van der Waals surface area contributed by atoms with E-state index in [4.69, 9.17) is 5.73 Å². The van der Waals surface area contributed by atoms with E-state index in [1.165, 1.54) is 11.1 Å². The molecule has 31 heavy (non-hydrogen) atoms. The Morgan fingerprint density at radius 2 is 1.35 bits per heavy atom. The first-order valence-corrected chi connectivity index (χ1v) is 11.2. The van der Waals surface area contributed by atoms with Gasteiger partial charge in [-0.3, -0.25) is 4.79 Å². The molecule has 3 aromatic carbocycles. The summed E-state index contributed by atoms with van der Waals surface area (Å²) in [5, 5.41) is 3.42. The van der Waals surface area contributed by atoms with Crippen LogP contribution in [0, 0.1) is 5.82 Å². The molecule has 0 aliphatic heterocycles. The number of hydrogen-bond acceptors (Lipinski definition) is 5. The van der Waals surface area contributed by atoms with Crippen LogP contribution in [-0.2, 0) is 22.9 Å². The Hall–Kier alpha value is -2.74. The molecule has 0 amide bonds. The van der Waals surface area contributed by atoms with Crippen molar-refractivity contribution in [3.63, 3.8) is 0 Å². The lowest BCUT2D eigenvalue weighted by Gasteiger charge is -2.08. The van der Waals surface area contributed by atoms with Gasteiger partial charge in [0.15, 0.2) is 15.6 Å². The molecule has 0 bridgehead atoms. The van der Waals surface area contributed by atoms with Crippen molar-refractivity contribution in [1.82, 2.24) is 5.32 Å². The van der Waals surface area contributed by atoms with Gasteiger partial charge in [0.2, 0.25) is 0 Å². The van der Waals surface area contributed by atoms with Crippen LogP contribution in [0.3, 0.4) is 0 Å². The molecule has 8 heteroatoms. The predicted molar refractivity (Wildman–Crippen MR) is 125 cm³/mol. The lowest BCUT2D eigenvalue weighted by atomic mass is 10.1. The number of nitrogens with two attached hydrogens (primary N) is 1. The van der Waals surface area contributed by atoms with E-state index in [0.29, 0.717) is 0 Å². The van der Waals surface area contributed by atoms with Crippen LogP contribution in [0.4, 0.5) is 10.1 Å². The highest BCUT2D eigenvalue weighted by Crippen LogP contribution is 2.25. The summed E-state index contributed by atoms with van der Waals surface area (Å²) in [6, 6.07) is 23.0. The molecule has 0 saturated carbocycles. The number of nitrogen functional groups attached to an aromatic ring is 1. The third-order valence-electron chi connectivity index (χ3n) is 4.20. The third-order valence-corrected chi connectivity index (χ3v) is 5.39. The SMILES string of the molecule is CC(=O)c1c(F)ccc(N)c1S(C)(=O)=O.Cl.c1ccc(CNCc2ccccc2)cc1. The van der Waals surface area contributed by atoms with Crippen molar-refractivity contribution in [1.29, 1.82) is 0 Å². The predicted octanol–water partition coefficient (Wildman–Crippen LogP) is 4.41. The molecule has 0 aromatic heterocycles. The second-order valence-electron chi connectivity index (χ2n) is 6.74. The molecule has 0 aliphatic rings. The van der Waals surface area contributed by atoms with Gasteiger partial charge < -0.3 is 11.1 Å². The number of ketones is 1. The van der Waals surface area contributed by atoms with Gasteiger partial charge in [-0.05, 0) is 30.2 Å². The van der Waals surface area contributed by atoms with Crippen LogP contribution >= 0.6 is 12.4 Å². The normalized spacial score (nSPS) is 10.4. The highest BCUT2D eigenvalue weighted by atomic mass is 35.5. The molecule has 166 valence electrons. The molecule has 3 rings (SSSR count). The second kappa shape index (κ2) is 12.2. The first-order chi connectivity index (χ1) is 14.2. The van der Waals surface area contributed by atoms with E-state index in [0.717, 1.165) is 38.4 Å². The van der Waals surface area contributed by atoms with Crippen molar-refractivity contribution >= 4 is 33.7 Å². The van der Waals surface area contributed by atoms with Crippen LogP contribution in [-0.4, -0.2) is 20.5 Å². The maximum atomic E-state index is 13.3. The van der Waals surface area contributed by atoms with Crippen LogP contribution in [0.25, 0.3) is 0 Å². The number of carbonyl (C=O) groups excluding carboxylic acids is 1. The lowest BCUT2D eigenvalue weighted by Crippen LogP contribution is -2.12. The zero-order chi connectivity index (χ0) is 22.1. The first-order valence-electron chi connectivity index (χ1n) is 9.27. The monoisotopic (exact) mass is 464 g/mol. The number of halogens is 2. The molecule has 0 aliphatic carbocycles. The number of carbonyl (C=O) groups is 1. The Bertz CT molecular complexity index is 1050. The van der Waals surface area contributed by atoms with Crippen molar-refractivity contribution in [2.45, 2.75) is 24.9 Å². The lowest BCUT2D eigenvalue weighted by molar-refractivity contribution is 0.101. The molecule has 0 radical (unpaired) electrons. The number of sulfone groups is 1. The standard InChI is InChI=1S/C14H15N.C9H10FNO3S.ClH/c1-3-7-13(8-4-1)11-15-12-14-9-5-2-6-10-14;1-5(12)8-6(10)3-4-7(11)9(8)15(2,13)14;/h1-10,15H,11-12H2;3-4H,11H2,1-2H3;1H. The van der Waals surface area contributed by atoms with Crippen molar-refractivity contribution in [3.05, 3.63) is 95.3 Å². The van der Waals surface area contributed by atoms with Crippen molar-refractivity contribution < 1.29 is 17.6 Å². The van der Waals surface area contributed by atoms with Crippen molar-refractivity contribution in [2.24, 2.45) is 0 Å². The molecule has 0 saturated heterocycles. The van der Waals surface area contributed by atoms with E-state index in [-0.39, 0.29) is 18.1 Å². The summed E-state index contributed by atoms with van der Waals surface area (Å²) in [5.74, 6) is -1.54. The molecule has 0 fully saturated rings. The molecule has 0 unspecified atom stereocenters. The van der Waals surface area contributed by atoms with Gasteiger partial charge in [0.05, 0.1) is 11.3 Å². The van der Waals surface area contributed by atoms with Crippen LogP contribution in [0.1, 0.15) is 28.4 Å². The zero-order valence-corrected chi connectivity index (χ0v) is 19.0. The van der Waals surface area contributed by atoms with Gasteiger partial charge in [-0.25, -0.2) is 12.8 Å². The summed E-state index contributed by atoms with van der Waals surface area (Å²) < 4.78 is 35.9. The summed E-state index contributed by atoms with van der Waals surface area (Å²) >= 11 is 0. The summed E-state index contributed by atoms with van der Waals surface area (Å²) in [7, 11) is -3.72. The molecule has 5 nitrogen and oxygen atoms in total. The molecular formula is C23H26ClFN2O3S. The fourth-order valence-corrected chi connectivity index (χ4v) is 3.95. The van der Waals surface area contributed by atoms with Gasteiger partial charge in [0.1, 0.15) is 10.7 Å². The Labute approximate surface area is 188 Å². The number of anilines is 1. The van der Waals surface area contributed by atoms with Crippen LogP contribution in [0.2, 0.25) is 0 Å². The number of Topliss-reactive ketones (excluding diaryl/α,β-unsaturated/α-hetero) is 1. The molecule has 0 spiro atoms. The number of hydrogen-bond donors (Lipinski definition) is 2. The smallest absolute Gasteiger partial charge is 0.178 e. The molecule has 3 aromatic rings. The van der Waals surface area contributed by atoms with Crippen LogP contribution in [0.5, 0.6) is 0 Å².